The predicted octanol–water partition coefficient (Wildman–Crippen LogP) is 4.74. The van der Waals surface area contributed by atoms with Crippen LogP contribution in [-0.4, -0.2) is 7.11 Å². The number of nitriles is 1. The van der Waals surface area contributed by atoms with Crippen molar-refractivity contribution in [3.05, 3.63) is 52.0 Å². The van der Waals surface area contributed by atoms with Crippen LogP contribution >= 0.6 is 23.2 Å². The fourth-order valence-electron chi connectivity index (χ4n) is 1.88. The summed E-state index contributed by atoms with van der Waals surface area (Å²) in [5.41, 5.74) is 2.73. The number of hydrogen-bond acceptors (Lipinski definition) is 2. The molecule has 0 aliphatic rings. The van der Waals surface area contributed by atoms with Crippen molar-refractivity contribution in [3.63, 3.8) is 0 Å². The molecule has 0 atom stereocenters. The molecule has 0 saturated carbocycles. The quantitative estimate of drug-likeness (QED) is 0.819. The molecule has 0 saturated heterocycles. The normalized spacial score (nSPS) is 10.0. The van der Waals surface area contributed by atoms with Gasteiger partial charge in [-0.1, -0.05) is 35.3 Å². The van der Waals surface area contributed by atoms with Crippen molar-refractivity contribution in [2.45, 2.75) is 6.42 Å². The summed E-state index contributed by atoms with van der Waals surface area (Å²) < 4.78 is 5.30. The summed E-state index contributed by atoms with van der Waals surface area (Å²) in [5.74, 6) is 0.690. The first-order valence-electron chi connectivity index (χ1n) is 5.64. The summed E-state index contributed by atoms with van der Waals surface area (Å²) in [6.45, 7) is 0. The zero-order valence-corrected chi connectivity index (χ0v) is 11.8. The first-order chi connectivity index (χ1) is 9.13. The Labute approximate surface area is 122 Å². The topological polar surface area (TPSA) is 33.0 Å². The second-order valence-corrected chi connectivity index (χ2v) is 4.89. The lowest BCUT2D eigenvalue weighted by molar-refractivity contribution is 0.411. The van der Waals surface area contributed by atoms with E-state index in [4.69, 9.17) is 33.2 Å². The minimum Gasteiger partial charge on any atom is -0.496 e. The standard InChI is InChI=1S/C15H11Cl2NO/c1-19-15-8-11(3-2-10(15)4-5-18)12-6-13(16)9-14(17)7-12/h2-3,6-9H,4H2,1H3. The molecule has 2 aromatic carbocycles. The minimum atomic E-state index is 0.319. The molecule has 0 fully saturated rings. The molecule has 4 heteroatoms. The second kappa shape index (κ2) is 5.97. The van der Waals surface area contributed by atoms with Crippen LogP contribution in [0.25, 0.3) is 11.1 Å². The van der Waals surface area contributed by atoms with Crippen LogP contribution in [0.4, 0.5) is 0 Å². The van der Waals surface area contributed by atoms with Crippen LogP contribution < -0.4 is 4.74 Å². The van der Waals surface area contributed by atoms with E-state index in [-0.39, 0.29) is 0 Å². The summed E-state index contributed by atoms with van der Waals surface area (Å²) >= 11 is 12.0. The van der Waals surface area contributed by atoms with Crippen LogP contribution in [0.15, 0.2) is 36.4 Å². The third-order valence-electron chi connectivity index (χ3n) is 2.75. The zero-order chi connectivity index (χ0) is 13.8. The van der Waals surface area contributed by atoms with Gasteiger partial charge in [-0.3, -0.25) is 0 Å². The van der Waals surface area contributed by atoms with Gasteiger partial charge in [0, 0.05) is 15.6 Å². The molecule has 0 bridgehead atoms. The van der Waals surface area contributed by atoms with E-state index < -0.39 is 0 Å². The van der Waals surface area contributed by atoms with E-state index in [2.05, 4.69) is 6.07 Å². The molecule has 2 rings (SSSR count). The van der Waals surface area contributed by atoms with E-state index in [0.717, 1.165) is 16.7 Å². The smallest absolute Gasteiger partial charge is 0.123 e. The molecule has 2 aromatic rings. The van der Waals surface area contributed by atoms with Crippen LogP contribution in [0.1, 0.15) is 5.56 Å². The average Bonchev–Trinajstić information content (AvgIpc) is 2.38. The van der Waals surface area contributed by atoms with Crippen LogP contribution in [0.5, 0.6) is 5.75 Å². The lowest BCUT2D eigenvalue weighted by atomic mass is 10.0. The first kappa shape index (κ1) is 13.7. The molecule has 0 N–H and O–H groups in total. The van der Waals surface area contributed by atoms with Crippen molar-refractivity contribution in [3.8, 4) is 22.9 Å². The molecule has 0 radical (unpaired) electrons. The molecule has 0 spiro atoms. The van der Waals surface area contributed by atoms with E-state index in [9.17, 15) is 0 Å². The van der Waals surface area contributed by atoms with Crippen LogP contribution in [-0.2, 0) is 6.42 Å². The van der Waals surface area contributed by atoms with Gasteiger partial charge in [0.25, 0.3) is 0 Å². The molecule has 0 unspecified atom stereocenters. The van der Waals surface area contributed by atoms with Gasteiger partial charge < -0.3 is 4.74 Å². The van der Waals surface area contributed by atoms with Crippen molar-refractivity contribution in [2.75, 3.05) is 7.11 Å². The van der Waals surface area contributed by atoms with E-state index in [1.165, 1.54) is 0 Å². The van der Waals surface area contributed by atoms with Crippen LogP contribution in [0.3, 0.4) is 0 Å². The molecule has 0 heterocycles. The molecular weight excluding hydrogens is 281 g/mol. The first-order valence-corrected chi connectivity index (χ1v) is 6.40. The van der Waals surface area contributed by atoms with Gasteiger partial charge in [0.15, 0.2) is 0 Å². The zero-order valence-electron chi connectivity index (χ0n) is 10.3. The number of methoxy groups -OCH3 is 1. The lowest BCUT2D eigenvalue weighted by Crippen LogP contribution is -1.92. The van der Waals surface area contributed by atoms with Gasteiger partial charge in [0.1, 0.15) is 5.75 Å². The van der Waals surface area contributed by atoms with E-state index >= 15 is 0 Å². The van der Waals surface area contributed by atoms with Crippen molar-refractivity contribution < 1.29 is 4.74 Å². The molecule has 0 aromatic heterocycles. The predicted molar refractivity (Wildman–Crippen MR) is 77.8 cm³/mol. The third-order valence-corrected chi connectivity index (χ3v) is 3.19. The highest BCUT2D eigenvalue weighted by atomic mass is 35.5. The monoisotopic (exact) mass is 291 g/mol. The summed E-state index contributed by atoms with van der Waals surface area (Å²) in [6, 6.07) is 13.2. The summed E-state index contributed by atoms with van der Waals surface area (Å²) in [6.07, 6.45) is 0.319. The Morgan fingerprint density at radius 1 is 1.05 bits per heavy atom. The maximum Gasteiger partial charge on any atom is 0.123 e. The number of halogens is 2. The van der Waals surface area contributed by atoms with E-state index in [1.807, 2.05) is 30.3 Å². The van der Waals surface area contributed by atoms with E-state index in [1.54, 1.807) is 13.2 Å². The van der Waals surface area contributed by atoms with Gasteiger partial charge in [0.05, 0.1) is 19.6 Å². The van der Waals surface area contributed by atoms with E-state index in [0.29, 0.717) is 22.2 Å². The van der Waals surface area contributed by atoms with Gasteiger partial charge in [-0.15, -0.1) is 0 Å². The Morgan fingerprint density at radius 3 is 2.32 bits per heavy atom. The van der Waals surface area contributed by atoms with Crippen molar-refractivity contribution in [2.24, 2.45) is 0 Å². The number of benzene rings is 2. The Morgan fingerprint density at radius 2 is 1.74 bits per heavy atom. The Balaban J connectivity index is 2.48. The van der Waals surface area contributed by atoms with Crippen LogP contribution in [0, 0.1) is 11.3 Å². The van der Waals surface area contributed by atoms with Crippen molar-refractivity contribution in [1.29, 1.82) is 5.26 Å². The summed E-state index contributed by atoms with van der Waals surface area (Å²) in [7, 11) is 1.59. The average molecular weight is 292 g/mol. The van der Waals surface area contributed by atoms with Crippen molar-refractivity contribution >= 4 is 23.2 Å². The third kappa shape index (κ3) is 3.20. The van der Waals surface area contributed by atoms with Gasteiger partial charge in [0.2, 0.25) is 0 Å². The molecule has 0 aliphatic carbocycles. The highest BCUT2D eigenvalue weighted by Crippen LogP contribution is 2.31. The van der Waals surface area contributed by atoms with Gasteiger partial charge >= 0.3 is 0 Å². The fourth-order valence-corrected chi connectivity index (χ4v) is 2.40. The second-order valence-electron chi connectivity index (χ2n) is 4.02. The molecule has 2 nitrogen and oxygen atoms in total. The maximum atomic E-state index is 8.76. The molecule has 0 amide bonds. The summed E-state index contributed by atoms with van der Waals surface area (Å²) in [4.78, 5) is 0. The number of rotatable bonds is 3. The SMILES string of the molecule is COc1cc(-c2cc(Cl)cc(Cl)c2)ccc1CC#N. The fraction of sp³-hybridized carbons (Fsp3) is 0.133. The minimum absolute atomic E-state index is 0.319. The van der Waals surface area contributed by atoms with Crippen molar-refractivity contribution in [1.82, 2.24) is 0 Å². The lowest BCUT2D eigenvalue weighted by Gasteiger charge is -2.09. The largest absolute Gasteiger partial charge is 0.496 e. The molecular formula is C15H11Cl2NO. The number of nitrogens with zero attached hydrogens (tertiary/aromatic N) is 1. The van der Waals surface area contributed by atoms with Gasteiger partial charge in [-0.05, 0) is 35.4 Å². The van der Waals surface area contributed by atoms with Gasteiger partial charge in [-0.25, -0.2) is 0 Å². The number of hydrogen-bond donors (Lipinski definition) is 0. The highest BCUT2D eigenvalue weighted by Gasteiger charge is 2.07. The van der Waals surface area contributed by atoms with Gasteiger partial charge in [-0.2, -0.15) is 5.26 Å². The Bertz CT molecular complexity index is 627. The Hall–Kier alpha value is -1.69. The highest BCUT2D eigenvalue weighted by molar-refractivity contribution is 6.35. The maximum absolute atomic E-state index is 8.76. The summed E-state index contributed by atoms with van der Waals surface area (Å²) in [5, 5.41) is 9.93. The Kier molecular flexibility index (Phi) is 4.31. The van der Waals surface area contributed by atoms with Crippen LogP contribution in [0.2, 0.25) is 10.0 Å². The molecule has 19 heavy (non-hydrogen) atoms. The molecule has 96 valence electrons. The number of ether oxygens (including phenoxy) is 1. The molecule has 0 aliphatic heterocycles.